The molecule has 0 radical (unpaired) electrons. The number of methoxy groups -OCH3 is 1. The first-order valence-electron chi connectivity index (χ1n) is 10.9. The molecule has 4 rings (SSSR count). The highest BCUT2D eigenvalue weighted by atomic mass is 19.1. The van der Waals surface area contributed by atoms with Crippen LogP contribution in [0.15, 0.2) is 42.6 Å². The molecule has 0 spiro atoms. The molecule has 1 saturated heterocycles. The normalized spacial score (nSPS) is 14.6. The van der Waals surface area contributed by atoms with E-state index >= 15 is 0 Å². The van der Waals surface area contributed by atoms with Gasteiger partial charge in [0.15, 0.2) is 0 Å². The number of halogens is 1. The Morgan fingerprint density at radius 2 is 1.97 bits per heavy atom. The van der Waals surface area contributed by atoms with Gasteiger partial charge >= 0.3 is 0 Å². The molecule has 4 nitrogen and oxygen atoms in total. The quantitative estimate of drug-likeness (QED) is 0.448. The maximum absolute atomic E-state index is 14.3. The van der Waals surface area contributed by atoms with Crippen LogP contribution in [0.5, 0.6) is 5.75 Å². The molecule has 162 valence electrons. The number of benzene rings is 2. The first-order chi connectivity index (χ1) is 15.2. The van der Waals surface area contributed by atoms with Crippen molar-refractivity contribution < 1.29 is 18.7 Å². The van der Waals surface area contributed by atoms with Crippen molar-refractivity contribution in [1.82, 2.24) is 4.98 Å². The number of aryl methyl sites for hydroxylation is 1. The lowest BCUT2D eigenvalue weighted by molar-refractivity contribution is -0.107. The van der Waals surface area contributed by atoms with Crippen molar-refractivity contribution in [3.05, 3.63) is 59.5 Å². The molecule has 1 fully saturated rings. The SMILES string of the molecule is COc1cc2cc(-c3ccc(CC=O)c(F)c3)cnc2cc1CCCC1CCOCC1. The molecular formula is C26H28FNO3. The largest absolute Gasteiger partial charge is 0.496 e. The topological polar surface area (TPSA) is 48.4 Å². The molecule has 31 heavy (non-hydrogen) atoms. The lowest BCUT2D eigenvalue weighted by atomic mass is 9.92. The lowest BCUT2D eigenvalue weighted by Gasteiger charge is -2.22. The third kappa shape index (κ3) is 5.10. The molecule has 0 N–H and O–H groups in total. The molecule has 1 aliphatic rings. The number of rotatable bonds is 8. The highest BCUT2D eigenvalue weighted by Gasteiger charge is 2.14. The van der Waals surface area contributed by atoms with E-state index in [0.29, 0.717) is 11.8 Å². The summed E-state index contributed by atoms with van der Waals surface area (Å²) in [4.78, 5) is 15.3. The van der Waals surface area contributed by atoms with Gasteiger partial charge in [-0.15, -0.1) is 0 Å². The van der Waals surface area contributed by atoms with Crippen LogP contribution in [0, 0.1) is 11.7 Å². The number of ether oxygens (including phenoxy) is 2. The number of carbonyl (C=O) groups is 1. The average Bonchev–Trinajstić information content (AvgIpc) is 2.80. The highest BCUT2D eigenvalue weighted by Crippen LogP contribution is 2.31. The number of aldehydes is 1. The van der Waals surface area contributed by atoms with Gasteiger partial charge in [-0.3, -0.25) is 4.98 Å². The van der Waals surface area contributed by atoms with Gasteiger partial charge in [-0.25, -0.2) is 4.39 Å². The minimum Gasteiger partial charge on any atom is -0.496 e. The van der Waals surface area contributed by atoms with Gasteiger partial charge in [-0.1, -0.05) is 12.1 Å². The third-order valence-electron chi connectivity index (χ3n) is 6.17. The van der Waals surface area contributed by atoms with Crippen molar-refractivity contribution in [2.75, 3.05) is 20.3 Å². The van der Waals surface area contributed by atoms with E-state index in [1.165, 1.54) is 18.1 Å². The van der Waals surface area contributed by atoms with E-state index in [-0.39, 0.29) is 12.2 Å². The van der Waals surface area contributed by atoms with E-state index in [0.717, 1.165) is 72.6 Å². The summed E-state index contributed by atoms with van der Waals surface area (Å²) in [7, 11) is 1.70. The summed E-state index contributed by atoms with van der Waals surface area (Å²) in [6.07, 6.45) is 8.18. The second-order valence-electron chi connectivity index (χ2n) is 8.21. The summed E-state index contributed by atoms with van der Waals surface area (Å²) in [5.41, 5.74) is 4.05. The van der Waals surface area contributed by atoms with Gasteiger partial charge in [0.05, 0.1) is 12.6 Å². The molecular weight excluding hydrogens is 393 g/mol. The Bertz CT molecular complexity index is 1060. The van der Waals surface area contributed by atoms with Crippen LogP contribution in [0.2, 0.25) is 0 Å². The molecule has 0 amide bonds. The van der Waals surface area contributed by atoms with Gasteiger partial charge in [0.1, 0.15) is 17.9 Å². The van der Waals surface area contributed by atoms with Crippen molar-refractivity contribution in [3.63, 3.8) is 0 Å². The molecule has 1 aromatic heterocycles. The van der Waals surface area contributed by atoms with Crippen LogP contribution in [0.3, 0.4) is 0 Å². The first-order valence-corrected chi connectivity index (χ1v) is 10.9. The van der Waals surface area contributed by atoms with Gasteiger partial charge < -0.3 is 14.3 Å². The zero-order chi connectivity index (χ0) is 21.6. The van der Waals surface area contributed by atoms with Crippen molar-refractivity contribution in [1.29, 1.82) is 0 Å². The molecule has 1 aliphatic heterocycles. The summed E-state index contributed by atoms with van der Waals surface area (Å²) >= 11 is 0. The summed E-state index contributed by atoms with van der Waals surface area (Å²) in [6.45, 7) is 1.78. The van der Waals surface area contributed by atoms with Crippen LogP contribution in [0.25, 0.3) is 22.0 Å². The molecule has 0 aliphatic carbocycles. The third-order valence-corrected chi connectivity index (χ3v) is 6.17. The second kappa shape index (κ2) is 10.0. The molecule has 0 saturated carbocycles. The smallest absolute Gasteiger partial charge is 0.127 e. The number of pyridine rings is 1. The number of fused-ring (bicyclic) bond motifs is 1. The van der Waals surface area contributed by atoms with Crippen LogP contribution >= 0.6 is 0 Å². The van der Waals surface area contributed by atoms with Crippen LogP contribution in [0.1, 0.15) is 36.8 Å². The molecule has 3 aromatic rings. The summed E-state index contributed by atoms with van der Waals surface area (Å²) in [5.74, 6) is 1.26. The first kappa shape index (κ1) is 21.4. The van der Waals surface area contributed by atoms with Crippen molar-refractivity contribution in [2.45, 2.75) is 38.5 Å². The minimum absolute atomic E-state index is 0.0799. The zero-order valence-electron chi connectivity index (χ0n) is 17.9. The van der Waals surface area contributed by atoms with Crippen molar-refractivity contribution in [2.24, 2.45) is 5.92 Å². The Morgan fingerprint density at radius 1 is 1.13 bits per heavy atom. The Hall–Kier alpha value is -2.79. The summed E-state index contributed by atoms with van der Waals surface area (Å²) in [5, 5.41) is 0.958. The van der Waals surface area contributed by atoms with Crippen molar-refractivity contribution >= 4 is 17.2 Å². The second-order valence-corrected chi connectivity index (χ2v) is 8.21. The van der Waals surface area contributed by atoms with Gasteiger partial charge in [-0.05, 0) is 79.0 Å². The molecule has 2 aromatic carbocycles. The fraction of sp³-hybridized carbons (Fsp3) is 0.385. The summed E-state index contributed by atoms with van der Waals surface area (Å²) < 4.78 is 25.4. The Kier molecular flexibility index (Phi) is 6.92. The van der Waals surface area contributed by atoms with Crippen LogP contribution < -0.4 is 4.74 Å². The Labute approximate surface area is 182 Å². The number of nitrogens with zero attached hydrogens (tertiary/aromatic N) is 1. The molecule has 0 bridgehead atoms. The van der Waals surface area contributed by atoms with E-state index in [1.807, 2.05) is 18.2 Å². The average molecular weight is 422 g/mol. The minimum atomic E-state index is -0.373. The Balaban J connectivity index is 1.54. The van der Waals surface area contributed by atoms with E-state index in [9.17, 15) is 9.18 Å². The summed E-state index contributed by atoms with van der Waals surface area (Å²) in [6, 6.07) is 11.1. The van der Waals surface area contributed by atoms with Gasteiger partial charge in [-0.2, -0.15) is 0 Å². The number of aromatic nitrogens is 1. The van der Waals surface area contributed by atoms with Crippen LogP contribution in [-0.2, 0) is 22.4 Å². The van der Waals surface area contributed by atoms with Crippen molar-refractivity contribution in [3.8, 4) is 16.9 Å². The lowest BCUT2D eigenvalue weighted by Crippen LogP contribution is -2.15. The zero-order valence-corrected chi connectivity index (χ0v) is 17.9. The van der Waals surface area contributed by atoms with E-state index < -0.39 is 0 Å². The maximum atomic E-state index is 14.3. The molecule has 2 heterocycles. The fourth-order valence-corrected chi connectivity index (χ4v) is 4.34. The number of hydrogen-bond acceptors (Lipinski definition) is 4. The van der Waals surface area contributed by atoms with E-state index in [4.69, 9.17) is 9.47 Å². The Morgan fingerprint density at radius 3 is 2.71 bits per heavy atom. The van der Waals surface area contributed by atoms with Crippen LogP contribution in [0.4, 0.5) is 4.39 Å². The predicted molar refractivity (Wildman–Crippen MR) is 120 cm³/mol. The van der Waals surface area contributed by atoms with Gasteiger partial charge in [0.2, 0.25) is 0 Å². The predicted octanol–water partition coefficient (Wildman–Crippen LogP) is 5.54. The number of hydrogen-bond donors (Lipinski definition) is 0. The molecule has 0 atom stereocenters. The molecule has 5 heteroatoms. The standard InChI is InChI=1S/C26H28FNO3/c1-30-26-16-22-13-23(20-6-5-19(7-10-29)24(27)14-20)17-28-25(22)15-21(26)4-2-3-18-8-11-31-12-9-18/h5-6,10,13-18H,2-4,7-9,11-12H2,1H3. The highest BCUT2D eigenvalue weighted by molar-refractivity contribution is 5.85. The molecule has 0 unspecified atom stereocenters. The fourth-order valence-electron chi connectivity index (χ4n) is 4.34. The monoisotopic (exact) mass is 421 g/mol. The van der Waals surface area contributed by atoms with Gasteiger partial charge in [0.25, 0.3) is 0 Å². The maximum Gasteiger partial charge on any atom is 0.127 e. The van der Waals surface area contributed by atoms with E-state index in [2.05, 4.69) is 11.1 Å². The number of carbonyl (C=O) groups excluding carboxylic acids is 1. The van der Waals surface area contributed by atoms with Gasteiger partial charge in [0, 0.05) is 36.8 Å². The van der Waals surface area contributed by atoms with Crippen LogP contribution in [-0.4, -0.2) is 31.6 Å². The van der Waals surface area contributed by atoms with E-state index in [1.54, 1.807) is 19.4 Å².